The zero-order chi connectivity index (χ0) is 12.4. The van der Waals surface area contributed by atoms with Crippen LogP contribution in [0.5, 0.6) is 0 Å². The second-order valence-electron chi connectivity index (χ2n) is 5.05. The van der Waals surface area contributed by atoms with Crippen LogP contribution in [0.25, 0.3) is 0 Å². The van der Waals surface area contributed by atoms with Crippen molar-refractivity contribution in [1.29, 1.82) is 0 Å². The van der Waals surface area contributed by atoms with Crippen LogP contribution in [-0.4, -0.2) is 59.0 Å². The summed E-state index contributed by atoms with van der Waals surface area (Å²) >= 11 is 0. The van der Waals surface area contributed by atoms with E-state index < -0.39 is 5.97 Å². The number of amides is 1. The Morgan fingerprint density at radius 3 is 2.71 bits per heavy atom. The molecule has 96 valence electrons. The standard InChI is InChI=1S/C12H20N2O3/c1-13-7-2-8-14(9-3-4-9)12(17)10(13)5-6-11(15)16/h9-10H,2-8H2,1H3,(H,15,16). The number of aliphatic carboxylic acids is 1. The predicted molar refractivity (Wildman–Crippen MR) is 62.6 cm³/mol. The van der Waals surface area contributed by atoms with E-state index in [-0.39, 0.29) is 18.4 Å². The number of hydrogen-bond donors (Lipinski definition) is 1. The summed E-state index contributed by atoms with van der Waals surface area (Å²) in [7, 11) is 1.92. The Hall–Kier alpha value is -1.10. The molecule has 1 saturated carbocycles. The van der Waals surface area contributed by atoms with Crippen molar-refractivity contribution >= 4 is 11.9 Å². The van der Waals surface area contributed by atoms with E-state index in [0.29, 0.717) is 12.5 Å². The summed E-state index contributed by atoms with van der Waals surface area (Å²) in [5.41, 5.74) is 0. The van der Waals surface area contributed by atoms with Gasteiger partial charge in [0.25, 0.3) is 0 Å². The maximum atomic E-state index is 12.3. The van der Waals surface area contributed by atoms with Crippen LogP contribution in [0.4, 0.5) is 0 Å². The van der Waals surface area contributed by atoms with Gasteiger partial charge in [0.15, 0.2) is 0 Å². The Bertz CT molecular complexity index is 315. The van der Waals surface area contributed by atoms with Crippen molar-refractivity contribution in [2.45, 2.75) is 44.2 Å². The van der Waals surface area contributed by atoms with E-state index in [9.17, 15) is 9.59 Å². The van der Waals surface area contributed by atoms with Gasteiger partial charge in [-0.2, -0.15) is 0 Å². The highest BCUT2D eigenvalue weighted by Crippen LogP contribution is 2.29. The minimum absolute atomic E-state index is 0.0687. The fourth-order valence-electron chi connectivity index (χ4n) is 2.49. The first-order valence-electron chi connectivity index (χ1n) is 6.32. The molecular formula is C12H20N2O3. The average Bonchev–Trinajstić information content (AvgIpc) is 3.06. The molecule has 0 aromatic carbocycles. The Kier molecular flexibility index (Phi) is 3.66. The van der Waals surface area contributed by atoms with Crippen LogP contribution >= 0.6 is 0 Å². The molecule has 0 aromatic rings. The van der Waals surface area contributed by atoms with Crippen LogP contribution < -0.4 is 0 Å². The van der Waals surface area contributed by atoms with Crippen molar-refractivity contribution in [3.8, 4) is 0 Å². The molecule has 1 N–H and O–H groups in total. The molecule has 2 rings (SSSR count). The van der Waals surface area contributed by atoms with E-state index in [1.54, 1.807) is 0 Å². The van der Waals surface area contributed by atoms with E-state index >= 15 is 0 Å². The summed E-state index contributed by atoms with van der Waals surface area (Å²) in [5.74, 6) is -0.692. The van der Waals surface area contributed by atoms with Crippen LogP contribution in [0, 0.1) is 0 Å². The van der Waals surface area contributed by atoms with E-state index in [2.05, 4.69) is 0 Å². The zero-order valence-corrected chi connectivity index (χ0v) is 10.3. The molecule has 0 radical (unpaired) electrons. The van der Waals surface area contributed by atoms with Gasteiger partial charge in [0, 0.05) is 25.6 Å². The van der Waals surface area contributed by atoms with Gasteiger partial charge in [-0.3, -0.25) is 14.5 Å². The molecule has 1 unspecified atom stereocenters. The average molecular weight is 240 g/mol. The van der Waals surface area contributed by atoms with Crippen molar-refractivity contribution in [3.63, 3.8) is 0 Å². The Balaban J connectivity index is 2.02. The Morgan fingerprint density at radius 2 is 2.12 bits per heavy atom. The molecule has 0 spiro atoms. The SMILES string of the molecule is CN1CCCN(C2CC2)C(=O)C1CCC(=O)O. The number of hydrogen-bond acceptors (Lipinski definition) is 3. The lowest BCUT2D eigenvalue weighted by atomic mass is 10.1. The van der Waals surface area contributed by atoms with Crippen molar-refractivity contribution < 1.29 is 14.7 Å². The molecule has 1 atom stereocenters. The number of rotatable bonds is 4. The fraction of sp³-hybridized carbons (Fsp3) is 0.833. The van der Waals surface area contributed by atoms with Gasteiger partial charge in [0.1, 0.15) is 0 Å². The lowest BCUT2D eigenvalue weighted by Gasteiger charge is -2.27. The number of carbonyl (C=O) groups is 2. The molecule has 17 heavy (non-hydrogen) atoms. The van der Waals surface area contributed by atoms with E-state index in [1.165, 1.54) is 0 Å². The van der Waals surface area contributed by atoms with Gasteiger partial charge >= 0.3 is 5.97 Å². The van der Waals surface area contributed by atoms with Crippen molar-refractivity contribution in [1.82, 2.24) is 9.80 Å². The zero-order valence-electron chi connectivity index (χ0n) is 10.3. The second kappa shape index (κ2) is 5.04. The third kappa shape index (κ3) is 2.97. The number of likely N-dealkylation sites (N-methyl/N-ethyl adjacent to an activating group) is 1. The maximum absolute atomic E-state index is 12.3. The lowest BCUT2D eigenvalue weighted by Crippen LogP contribution is -2.45. The van der Waals surface area contributed by atoms with E-state index in [4.69, 9.17) is 5.11 Å². The lowest BCUT2D eigenvalue weighted by molar-refractivity contribution is -0.139. The summed E-state index contributed by atoms with van der Waals surface area (Å²) in [6.45, 7) is 1.71. The molecule has 1 aliphatic carbocycles. The Labute approximate surface area is 101 Å². The molecule has 0 aromatic heterocycles. The molecule has 0 bridgehead atoms. The van der Waals surface area contributed by atoms with Crippen molar-refractivity contribution in [3.05, 3.63) is 0 Å². The molecular weight excluding hydrogens is 220 g/mol. The van der Waals surface area contributed by atoms with Crippen molar-refractivity contribution in [2.75, 3.05) is 20.1 Å². The third-order valence-electron chi connectivity index (χ3n) is 3.63. The minimum Gasteiger partial charge on any atom is -0.481 e. The molecule has 2 aliphatic rings. The van der Waals surface area contributed by atoms with Crippen LogP contribution in [0.2, 0.25) is 0 Å². The first kappa shape index (κ1) is 12.4. The van der Waals surface area contributed by atoms with E-state index in [1.807, 2.05) is 16.8 Å². The topological polar surface area (TPSA) is 60.9 Å². The van der Waals surface area contributed by atoms with Crippen LogP contribution in [0.15, 0.2) is 0 Å². The van der Waals surface area contributed by atoms with E-state index in [0.717, 1.165) is 32.4 Å². The number of carbonyl (C=O) groups excluding carboxylic acids is 1. The van der Waals surface area contributed by atoms with Gasteiger partial charge in [-0.15, -0.1) is 0 Å². The van der Waals surface area contributed by atoms with Crippen LogP contribution in [-0.2, 0) is 9.59 Å². The highest BCUT2D eigenvalue weighted by Gasteiger charge is 2.38. The summed E-state index contributed by atoms with van der Waals surface area (Å²) in [6.07, 6.45) is 3.71. The highest BCUT2D eigenvalue weighted by atomic mass is 16.4. The van der Waals surface area contributed by atoms with Gasteiger partial charge < -0.3 is 10.0 Å². The second-order valence-corrected chi connectivity index (χ2v) is 5.05. The summed E-state index contributed by atoms with van der Waals surface area (Å²) in [4.78, 5) is 26.9. The monoisotopic (exact) mass is 240 g/mol. The summed E-state index contributed by atoms with van der Waals surface area (Å²) < 4.78 is 0. The quantitative estimate of drug-likeness (QED) is 0.779. The van der Waals surface area contributed by atoms with Gasteiger partial charge in [0.05, 0.1) is 6.04 Å². The molecule has 1 heterocycles. The molecule has 5 heteroatoms. The summed E-state index contributed by atoms with van der Waals surface area (Å²) in [5, 5.41) is 8.73. The largest absolute Gasteiger partial charge is 0.481 e. The van der Waals surface area contributed by atoms with Gasteiger partial charge in [0.2, 0.25) is 5.91 Å². The molecule has 2 fully saturated rings. The van der Waals surface area contributed by atoms with Crippen LogP contribution in [0.1, 0.15) is 32.1 Å². The molecule has 1 amide bonds. The predicted octanol–water partition coefficient (Wildman–Crippen LogP) is 0.546. The highest BCUT2D eigenvalue weighted by molar-refractivity contribution is 5.83. The fourth-order valence-corrected chi connectivity index (χ4v) is 2.49. The van der Waals surface area contributed by atoms with Gasteiger partial charge in [-0.1, -0.05) is 0 Å². The van der Waals surface area contributed by atoms with Gasteiger partial charge in [-0.05, 0) is 32.7 Å². The van der Waals surface area contributed by atoms with Gasteiger partial charge in [-0.25, -0.2) is 0 Å². The normalized spacial score (nSPS) is 27.0. The summed E-state index contributed by atoms with van der Waals surface area (Å²) in [6, 6.07) is 0.190. The van der Waals surface area contributed by atoms with Crippen molar-refractivity contribution in [2.24, 2.45) is 0 Å². The first-order chi connectivity index (χ1) is 8.09. The first-order valence-corrected chi connectivity index (χ1v) is 6.32. The smallest absolute Gasteiger partial charge is 0.303 e. The van der Waals surface area contributed by atoms with Crippen LogP contribution in [0.3, 0.4) is 0 Å². The third-order valence-corrected chi connectivity index (χ3v) is 3.63. The minimum atomic E-state index is -0.826. The molecule has 1 saturated heterocycles. The maximum Gasteiger partial charge on any atom is 0.303 e. The molecule has 1 aliphatic heterocycles. The Morgan fingerprint density at radius 1 is 1.41 bits per heavy atom. The number of carboxylic acids is 1. The molecule has 5 nitrogen and oxygen atoms in total. The number of carboxylic acid groups (broad SMARTS) is 1. The number of nitrogens with zero attached hydrogens (tertiary/aromatic N) is 2.